The van der Waals surface area contributed by atoms with Gasteiger partial charge in [-0.3, -0.25) is 0 Å². The Balaban J connectivity index is 1.49. The number of aliphatic hydroxyl groups excluding tert-OH is 3. The number of fused-ring (bicyclic) bond motifs is 6. The van der Waals surface area contributed by atoms with Gasteiger partial charge in [0.15, 0.2) is 5.60 Å². The van der Waals surface area contributed by atoms with Crippen molar-refractivity contribution in [2.24, 2.45) is 0 Å². The predicted molar refractivity (Wildman–Crippen MR) is 127 cm³/mol. The van der Waals surface area contributed by atoms with Crippen LogP contribution in [0, 0.1) is 6.92 Å². The van der Waals surface area contributed by atoms with Gasteiger partial charge in [-0.25, -0.2) is 8.78 Å². The molecule has 194 valence electrons. The fourth-order valence-corrected chi connectivity index (χ4v) is 5.46. The number of alkyl halides is 2. The first-order valence-electron chi connectivity index (χ1n) is 12.1. The lowest BCUT2D eigenvalue weighted by atomic mass is 9.77. The molecular weight excluding hydrogens is 486 g/mol. The van der Waals surface area contributed by atoms with Crippen molar-refractivity contribution in [3.8, 4) is 17.2 Å². The molecule has 7 nitrogen and oxygen atoms in total. The summed E-state index contributed by atoms with van der Waals surface area (Å²) in [4.78, 5) is 0. The number of benzene rings is 3. The Labute approximate surface area is 211 Å². The fraction of sp³-hybridized carbons (Fsp3) is 0.357. The molecule has 0 aliphatic carbocycles. The molecule has 3 N–H and O–H groups in total. The maximum absolute atomic E-state index is 14.4. The summed E-state index contributed by atoms with van der Waals surface area (Å²) >= 11 is 0. The summed E-state index contributed by atoms with van der Waals surface area (Å²) in [7, 11) is 0. The molecule has 3 heterocycles. The normalized spacial score (nSPS) is 28.0. The smallest absolute Gasteiger partial charge is 0.267 e. The van der Waals surface area contributed by atoms with Gasteiger partial charge in [-0.2, -0.15) is 0 Å². The first-order valence-corrected chi connectivity index (χ1v) is 12.1. The van der Waals surface area contributed by atoms with Crippen LogP contribution in [0.2, 0.25) is 0 Å². The first kappa shape index (κ1) is 24.3. The van der Waals surface area contributed by atoms with Crippen LogP contribution in [0.3, 0.4) is 0 Å². The third-order valence-corrected chi connectivity index (χ3v) is 7.28. The average molecular weight is 513 g/mol. The van der Waals surface area contributed by atoms with Gasteiger partial charge >= 0.3 is 0 Å². The largest absolute Gasteiger partial charge is 0.464 e. The van der Waals surface area contributed by atoms with Crippen molar-refractivity contribution in [2.75, 3.05) is 6.61 Å². The second-order valence-electron chi connectivity index (χ2n) is 9.61. The van der Waals surface area contributed by atoms with Gasteiger partial charge in [-0.15, -0.1) is 0 Å². The summed E-state index contributed by atoms with van der Waals surface area (Å²) in [5, 5.41) is 29.6. The van der Waals surface area contributed by atoms with Gasteiger partial charge in [0.2, 0.25) is 6.29 Å². The SMILES string of the molecule is Cc1ccc2c(c1)Oc1cc(O[C@H]3C[C@@H](O)[C@@H](O)[C@@H](CO)O3)c(C(F)F)cc1C21OCc2ccccc21. The van der Waals surface area contributed by atoms with E-state index in [9.17, 15) is 24.1 Å². The Morgan fingerprint density at radius 2 is 1.81 bits per heavy atom. The zero-order valence-electron chi connectivity index (χ0n) is 19.9. The van der Waals surface area contributed by atoms with Crippen molar-refractivity contribution in [2.45, 2.75) is 56.6 Å². The topological polar surface area (TPSA) is 97.6 Å². The van der Waals surface area contributed by atoms with E-state index >= 15 is 0 Å². The minimum Gasteiger partial charge on any atom is -0.464 e. The summed E-state index contributed by atoms with van der Waals surface area (Å²) in [5.74, 6) is 0.661. The summed E-state index contributed by atoms with van der Waals surface area (Å²) in [6, 6.07) is 16.1. The maximum atomic E-state index is 14.4. The molecule has 0 bridgehead atoms. The van der Waals surface area contributed by atoms with Gasteiger partial charge < -0.3 is 34.3 Å². The highest BCUT2D eigenvalue weighted by Crippen LogP contribution is 2.57. The van der Waals surface area contributed by atoms with Crippen LogP contribution in [0.5, 0.6) is 17.2 Å². The maximum Gasteiger partial charge on any atom is 0.267 e. The highest BCUT2D eigenvalue weighted by molar-refractivity contribution is 5.66. The third-order valence-electron chi connectivity index (χ3n) is 7.28. The Bertz CT molecular complexity index is 1350. The molecular formula is C28H26F2O7. The summed E-state index contributed by atoms with van der Waals surface area (Å²) in [6.07, 6.45) is -7.91. The molecule has 3 aliphatic heterocycles. The lowest BCUT2D eigenvalue weighted by molar-refractivity contribution is -0.230. The standard InChI is InChI=1S/C28H26F2O7/c1-14-6-7-18-22(8-14)35-23-11-21(36-25-10-20(32)26(33)24(12-31)37-25)16(27(29)30)9-19(23)28(18)17-5-3-2-4-15(17)13-34-28/h2-9,11,20,24-27,31-33H,10,12-13H2,1H3/t20-,24-,25-,26-,28?/m1/s1. The Morgan fingerprint density at radius 3 is 2.59 bits per heavy atom. The van der Waals surface area contributed by atoms with Crippen molar-refractivity contribution in [3.63, 3.8) is 0 Å². The van der Waals surface area contributed by atoms with E-state index in [1.807, 2.05) is 49.4 Å². The summed E-state index contributed by atoms with van der Waals surface area (Å²) in [6.45, 7) is 1.67. The van der Waals surface area contributed by atoms with Crippen molar-refractivity contribution < 1.29 is 43.0 Å². The second kappa shape index (κ2) is 9.04. The number of aliphatic hydroxyl groups is 3. The number of ether oxygens (including phenoxy) is 4. The number of hydrogen-bond acceptors (Lipinski definition) is 7. The molecule has 1 saturated heterocycles. The molecule has 0 aromatic heterocycles. The van der Waals surface area contributed by atoms with E-state index in [0.29, 0.717) is 23.7 Å². The van der Waals surface area contributed by atoms with Crippen molar-refractivity contribution in [1.82, 2.24) is 0 Å². The van der Waals surface area contributed by atoms with Crippen LogP contribution in [0.25, 0.3) is 0 Å². The van der Waals surface area contributed by atoms with E-state index in [4.69, 9.17) is 18.9 Å². The highest BCUT2D eigenvalue weighted by Gasteiger charge is 2.50. The third kappa shape index (κ3) is 3.81. The minimum atomic E-state index is -2.90. The number of hydrogen-bond donors (Lipinski definition) is 3. The summed E-state index contributed by atoms with van der Waals surface area (Å²) in [5.41, 5.74) is 2.40. The van der Waals surface area contributed by atoms with Crippen LogP contribution in [-0.4, -0.2) is 46.5 Å². The van der Waals surface area contributed by atoms with E-state index in [-0.39, 0.29) is 12.2 Å². The second-order valence-corrected chi connectivity index (χ2v) is 9.61. The van der Waals surface area contributed by atoms with Crippen molar-refractivity contribution in [3.05, 3.63) is 88.0 Å². The molecule has 5 atom stereocenters. The molecule has 1 spiro atoms. The van der Waals surface area contributed by atoms with Crippen LogP contribution >= 0.6 is 0 Å². The van der Waals surface area contributed by atoms with Crippen LogP contribution in [0.1, 0.15) is 46.2 Å². The van der Waals surface area contributed by atoms with Crippen molar-refractivity contribution >= 4 is 0 Å². The van der Waals surface area contributed by atoms with Gasteiger partial charge in [0, 0.05) is 23.6 Å². The molecule has 0 amide bonds. The van der Waals surface area contributed by atoms with Gasteiger partial charge in [0.05, 0.1) is 24.9 Å². The molecule has 6 rings (SSSR count). The molecule has 0 radical (unpaired) electrons. The Morgan fingerprint density at radius 1 is 1.03 bits per heavy atom. The summed E-state index contributed by atoms with van der Waals surface area (Å²) < 4.78 is 52.8. The zero-order valence-corrected chi connectivity index (χ0v) is 19.9. The lowest BCUT2D eigenvalue weighted by Crippen LogP contribution is -2.51. The van der Waals surface area contributed by atoms with Crippen LogP contribution in [0.15, 0.2) is 54.6 Å². The lowest BCUT2D eigenvalue weighted by Gasteiger charge is -2.39. The Kier molecular flexibility index (Phi) is 5.93. The van der Waals surface area contributed by atoms with E-state index in [1.165, 1.54) is 12.1 Å². The van der Waals surface area contributed by atoms with E-state index < -0.39 is 48.8 Å². The molecule has 0 saturated carbocycles. The quantitative estimate of drug-likeness (QED) is 0.485. The van der Waals surface area contributed by atoms with E-state index in [0.717, 1.165) is 22.3 Å². The molecule has 37 heavy (non-hydrogen) atoms. The van der Waals surface area contributed by atoms with E-state index in [2.05, 4.69) is 0 Å². The predicted octanol–water partition coefficient (Wildman–Crippen LogP) is 4.07. The molecule has 9 heteroatoms. The molecule has 3 aliphatic rings. The van der Waals surface area contributed by atoms with Gasteiger partial charge in [0.1, 0.15) is 29.5 Å². The minimum absolute atomic E-state index is 0.166. The Hall–Kier alpha value is -3.08. The fourth-order valence-electron chi connectivity index (χ4n) is 5.46. The molecule has 1 unspecified atom stereocenters. The zero-order chi connectivity index (χ0) is 25.9. The van der Waals surface area contributed by atoms with Gasteiger partial charge in [-0.05, 0) is 35.7 Å². The number of halogens is 2. The van der Waals surface area contributed by atoms with Crippen LogP contribution in [0.4, 0.5) is 8.78 Å². The van der Waals surface area contributed by atoms with Crippen LogP contribution < -0.4 is 9.47 Å². The van der Waals surface area contributed by atoms with Gasteiger partial charge in [-0.1, -0.05) is 36.4 Å². The van der Waals surface area contributed by atoms with E-state index in [1.54, 1.807) is 0 Å². The molecule has 3 aromatic carbocycles. The number of aryl methyl sites for hydroxylation is 1. The average Bonchev–Trinajstić information content (AvgIpc) is 3.25. The number of rotatable bonds is 4. The van der Waals surface area contributed by atoms with Crippen LogP contribution in [-0.2, 0) is 21.7 Å². The monoisotopic (exact) mass is 512 g/mol. The first-order chi connectivity index (χ1) is 17.8. The van der Waals surface area contributed by atoms with Gasteiger partial charge in [0.25, 0.3) is 6.43 Å². The van der Waals surface area contributed by atoms with Crippen molar-refractivity contribution in [1.29, 1.82) is 0 Å². The molecule has 1 fully saturated rings. The highest BCUT2D eigenvalue weighted by atomic mass is 19.3. The molecule has 3 aromatic rings.